The third kappa shape index (κ3) is 1.97. The van der Waals surface area contributed by atoms with Crippen LogP contribution in [-0.2, 0) is 5.41 Å². The molecular formula is C16H24N2. The molecule has 1 N–H and O–H groups in total. The van der Waals surface area contributed by atoms with Gasteiger partial charge in [-0.25, -0.2) is 0 Å². The van der Waals surface area contributed by atoms with Gasteiger partial charge in [-0.3, -0.25) is 4.98 Å². The first-order valence-electron chi connectivity index (χ1n) is 7.34. The van der Waals surface area contributed by atoms with Crippen LogP contribution in [0, 0.1) is 5.41 Å². The number of rotatable bonds is 3. The molecule has 2 saturated carbocycles. The second kappa shape index (κ2) is 4.65. The summed E-state index contributed by atoms with van der Waals surface area (Å²) < 4.78 is 0. The molecule has 2 heteroatoms. The molecule has 0 bridgehead atoms. The topological polar surface area (TPSA) is 24.9 Å². The van der Waals surface area contributed by atoms with Gasteiger partial charge in [0.2, 0.25) is 0 Å². The molecule has 0 radical (unpaired) electrons. The summed E-state index contributed by atoms with van der Waals surface area (Å²) in [6, 6.07) is 4.43. The van der Waals surface area contributed by atoms with Gasteiger partial charge in [-0.1, -0.05) is 19.3 Å². The van der Waals surface area contributed by atoms with E-state index >= 15 is 0 Å². The minimum atomic E-state index is 0.384. The molecule has 1 aromatic heterocycles. The van der Waals surface area contributed by atoms with Crippen molar-refractivity contribution >= 4 is 0 Å². The van der Waals surface area contributed by atoms with Crippen LogP contribution in [0.15, 0.2) is 24.5 Å². The van der Waals surface area contributed by atoms with Crippen molar-refractivity contribution in [3.8, 4) is 0 Å². The maximum absolute atomic E-state index is 4.16. The highest BCUT2D eigenvalue weighted by molar-refractivity contribution is 5.30. The summed E-state index contributed by atoms with van der Waals surface area (Å²) >= 11 is 0. The zero-order valence-corrected chi connectivity index (χ0v) is 11.4. The maximum Gasteiger partial charge on any atom is 0.0270 e. The first-order valence-corrected chi connectivity index (χ1v) is 7.34. The van der Waals surface area contributed by atoms with Gasteiger partial charge in [0.15, 0.2) is 0 Å². The van der Waals surface area contributed by atoms with Crippen LogP contribution < -0.4 is 5.32 Å². The molecule has 0 saturated heterocycles. The van der Waals surface area contributed by atoms with Crippen LogP contribution in [0.2, 0.25) is 0 Å². The van der Waals surface area contributed by atoms with Crippen LogP contribution >= 0.6 is 0 Å². The number of likely N-dealkylation sites (N-methyl/N-ethyl adjacent to an activating group) is 1. The van der Waals surface area contributed by atoms with Crippen molar-refractivity contribution in [3.63, 3.8) is 0 Å². The molecule has 2 aliphatic rings. The molecule has 2 nitrogen and oxygen atoms in total. The lowest BCUT2D eigenvalue weighted by atomic mass is 9.46. The Bertz CT molecular complexity index is 385. The van der Waals surface area contributed by atoms with Crippen molar-refractivity contribution in [3.05, 3.63) is 30.1 Å². The highest BCUT2D eigenvalue weighted by Crippen LogP contribution is 2.61. The van der Waals surface area contributed by atoms with E-state index in [9.17, 15) is 0 Å². The summed E-state index contributed by atoms with van der Waals surface area (Å²) in [4.78, 5) is 4.16. The lowest BCUT2D eigenvalue weighted by Gasteiger charge is -2.58. The lowest BCUT2D eigenvalue weighted by molar-refractivity contribution is -0.0119. The number of aromatic nitrogens is 1. The Balaban J connectivity index is 1.79. The molecule has 2 aliphatic carbocycles. The Morgan fingerprint density at radius 2 is 1.78 bits per heavy atom. The summed E-state index contributed by atoms with van der Waals surface area (Å²) in [5, 5.41) is 3.41. The smallest absolute Gasteiger partial charge is 0.0270 e. The lowest BCUT2D eigenvalue weighted by Crippen LogP contribution is -2.55. The van der Waals surface area contributed by atoms with Crippen LogP contribution in [0.25, 0.3) is 0 Å². The van der Waals surface area contributed by atoms with E-state index in [1.165, 1.54) is 50.5 Å². The fourth-order valence-corrected chi connectivity index (χ4v) is 4.51. The molecule has 18 heavy (non-hydrogen) atoms. The van der Waals surface area contributed by atoms with E-state index in [0.717, 1.165) is 6.54 Å². The molecule has 0 unspecified atom stereocenters. The second-order valence-corrected chi connectivity index (χ2v) is 6.46. The Labute approximate surface area is 110 Å². The van der Waals surface area contributed by atoms with Crippen molar-refractivity contribution in [2.24, 2.45) is 5.41 Å². The molecule has 1 spiro atoms. The number of nitrogens with one attached hydrogen (secondary N) is 1. The molecule has 0 aliphatic heterocycles. The number of hydrogen-bond donors (Lipinski definition) is 1. The molecule has 3 rings (SSSR count). The van der Waals surface area contributed by atoms with Gasteiger partial charge in [0.25, 0.3) is 0 Å². The van der Waals surface area contributed by atoms with E-state index < -0.39 is 0 Å². The van der Waals surface area contributed by atoms with Crippen molar-refractivity contribution in [2.75, 3.05) is 13.6 Å². The van der Waals surface area contributed by atoms with Gasteiger partial charge >= 0.3 is 0 Å². The average Bonchev–Trinajstić information content (AvgIpc) is 2.39. The van der Waals surface area contributed by atoms with Gasteiger partial charge in [-0.15, -0.1) is 0 Å². The molecule has 1 heterocycles. The molecular weight excluding hydrogens is 220 g/mol. The van der Waals surface area contributed by atoms with E-state index in [1.807, 2.05) is 12.4 Å². The van der Waals surface area contributed by atoms with Crippen LogP contribution in [-0.4, -0.2) is 18.6 Å². The Morgan fingerprint density at radius 1 is 1.11 bits per heavy atom. The fourth-order valence-electron chi connectivity index (χ4n) is 4.51. The van der Waals surface area contributed by atoms with Gasteiger partial charge in [0.05, 0.1) is 0 Å². The first kappa shape index (κ1) is 12.2. The summed E-state index contributed by atoms with van der Waals surface area (Å²) in [6.07, 6.45) is 13.9. The van der Waals surface area contributed by atoms with Gasteiger partial charge in [0.1, 0.15) is 0 Å². The number of hydrogen-bond acceptors (Lipinski definition) is 2. The van der Waals surface area contributed by atoms with Crippen LogP contribution in [0.5, 0.6) is 0 Å². The van der Waals surface area contributed by atoms with E-state index in [1.54, 1.807) is 0 Å². The molecule has 1 aromatic rings. The predicted molar refractivity (Wildman–Crippen MR) is 74.6 cm³/mol. The highest BCUT2D eigenvalue weighted by Gasteiger charge is 2.54. The van der Waals surface area contributed by atoms with Gasteiger partial charge in [0, 0.05) is 24.4 Å². The van der Waals surface area contributed by atoms with Crippen molar-refractivity contribution < 1.29 is 0 Å². The minimum absolute atomic E-state index is 0.384. The summed E-state index contributed by atoms with van der Waals surface area (Å²) in [5.41, 5.74) is 2.55. The van der Waals surface area contributed by atoms with Crippen LogP contribution in [0.1, 0.15) is 50.5 Å². The third-order valence-electron chi connectivity index (χ3n) is 5.15. The molecule has 0 amide bonds. The largest absolute Gasteiger partial charge is 0.319 e. The number of pyridine rings is 1. The SMILES string of the molecule is CNCC1(c2ccncc2)CC2(CCCCC2)C1. The summed E-state index contributed by atoms with van der Waals surface area (Å²) in [6.45, 7) is 1.11. The number of nitrogens with zero attached hydrogens (tertiary/aromatic N) is 1. The van der Waals surface area contributed by atoms with Gasteiger partial charge < -0.3 is 5.32 Å². The summed E-state index contributed by atoms with van der Waals surface area (Å²) in [5.74, 6) is 0. The zero-order chi connectivity index (χ0) is 12.5. The van der Waals surface area contributed by atoms with E-state index in [2.05, 4.69) is 29.5 Å². The molecule has 0 aromatic carbocycles. The fraction of sp³-hybridized carbons (Fsp3) is 0.688. The van der Waals surface area contributed by atoms with Crippen molar-refractivity contribution in [1.29, 1.82) is 0 Å². The van der Waals surface area contributed by atoms with Crippen molar-refractivity contribution in [1.82, 2.24) is 10.3 Å². The molecule has 2 fully saturated rings. The second-order valence-electron chi connectivity index (χ2n) is 6.46. The van der Waals surface area contributed by atoms with Crippen molar-refractivity contribution in [2.45, 2.75) is 50.4 Å². The average molecular weight is 244 g/mol. The Hall–Kier alpha value is -0.890. The normalized spacial score (nSPS) is 24.7. The van der Waals surface area contributed by atoms with Gasteiger partial charge in [-0.05, 0) is 55.8 Å². The molecule has 98 valence electrons. The zero-order valence-electron chi connectivity index (χ0n) is 11.4. The van der Waals surface area contributed by atoms with E-state index in [0.29, 0.717) is 10.8 Å². The monoisotopic (exact) mass is 244 g/mol. The van der Waals surface area contributed by atoms with Gasteiger partial charge in [-0.2, -0.15) is 0 Å². The Morgan fingerprint density at radius 3 is 2.39 bits per heavy atom. The summed E-state index contributed by atoms with van der Waals surface area (Å²) in [7, 11) is 2.08. The van der Waals surface area contributed by atoms with Crippen LogP contribution in [0.3, 0.4) is 0 Å². The highest BCUT2D eigenvalue weighted by atomic mass is 14.8. The quantitative estimate of drug-likeness (QED) is 0.882. The van der Waals surface area contributed by atoms with E-state index in [4.69, 9.17) is 0 Å². The predicted octanol–water partition coefficient (Wildman–Crippen LogP) is 3.28. The standard InChI is InChI=1S/C16H24N2/c1-17-13-16(14-5-9-18-10-6-14)11-15(12-16)7-3-2-4-8-15/h5-6,9-10,17H,2-4,7-8,11-13H2,1H3. The molecule has 0 atom stereocenters. The maximum atomic E-state index is 4.16. The third-order valence-corrected chi connectivity index (χ3v) is 5.15. The van der Waals surface area contributed by atoms with E-state index in [-0.39, 0.29) is 0 Å². The minimum Gasteiger partial charge on any atom is -0.319 e. The Kier molecular flexibility index (Phi) is 3.14. The van der Waals surface area contributed by atoms with Crippen LogP contribution in [0.4, 0.5) is 0 Å². The first-order chi connectivity index (χ1) is 8.79.